The van der Waals surface area contributed by atoms with E-state index in [0.29, 0.717) is 12.1 Å². The highest BCUT2D eigenvalue weighted by atomic mass is 32.2. The Labute approximate surface area is 119 Å². The van der Waals surface area contributed by atoms with Crippen LogP contribution in [0.3, 0.4) is 0 Å². The van der Waals surface area contributed by atoms with Crippen LogP contribution in [0.1, 0.15) is 26.2 Å². The van der Waals surface area contributed by atoms with E-state index in [1.807, 2.05) is 0 Å². The van der Waals surface area contributed by atoms with Crippen LogP contribution >= 0.6 is 11.8 Å². The molecular weight excluding hydrogens is 252 g/mol. The Balaban J connectivity index is 1.52. The molecule has 0 unspecified atom stereocenters. The number of nitrogens with zero attached hydrogens (tertiary/aromatic N) is 2. The van der Waals surface area contributed by atoms with Crippen molar-refractivity contribution in [3.05, 3.63) is 12.2 Å². The quantitative estimate of drug-likeness (QED) is 0.703. The van der Waals surface area contributed by atoms with Gasteiger partial charge in [-0.3, -0.25) is 0 Å². The number of hydrogen-bond donors (Lipinski definition) is 0. The Morgan fingerprint density at radius 2 is 2.00 bits per heavy atom. The minimum Gasteiger partial charge on any atom is -0.190 e. The number of azo groups is 1. The summed E-state index contributed by atoms with van der Waals surface area (Å²) in [4.78, 5) is 0. The first kappa shape index (κ1) is 11.4. The van der Waals surface area contributed by atoms with E-state index in [1.165, 1.54) is 25.0 Å². The first-order valence-electron chi connectivity index (χ1n) is 8.06. The predicted octanol–water partition coefficient (Wildman–Crippen LogP) is 3.79. The molecule has 3 saturated carbocycles. The lowest BCUT2D eigenvalue weighted by Gasteiger charge is -2.52. The highest BCUT2D eigenvalue weighted by Gasteiger charge is 2.65. The fourth-order valence-corrected chi connectivity index (χ4v) is 7.57. The van der Waals surface area contributed by atoms with Crippen LogP contribution in [-0.2, 0) is 0 Å². The lowest BCUT2D eigenvalue weighted by atomic mass is 9.58. The fraction of sp³-hybridized carbons (Fsp3) is 0.875. The lowest BCUT2D eigenvalue weighted by molar-refractivity contribution is 0.0202. The van der Waals surface area contributed by atoms with Crippen LogP contribution in [0, 0.1) is 35.5 Å². The molecule has 4 bridgehead atoms. The number of hydrogen-bond acceptors (Lipinski definition) is 3. The van der Waals surface area contributed by atoms with Crippen molar-refractivity contribution in [1.82, 2.24) is 0 Å². The highest BCUT2D eigenvalue weighted by molar-refractivity contribution is 7.99. The SMILES string of the molecule is CCS[C@H]1C[C@H]2C[C@@H]1[C@H]1[C@H]3N=N[C@H]([C@@H]4C=CC[C@@H]43)[C@@H]21. The Hall–Kier alpha value is -0.310. The van der Waals surface area contributed by atoms with Crippen LogP contribution < -0.4 is 0 Å². The van der Waals surface area contributed by atoms with Gasteiger partial charge in [-0.25, -0.2) is 0 Å². The third-order valence-corrected chi connectivity index (χ3v) is 7.97. The molecule has 19 heavy (non-hydrogen) atoms. The van der Waals surface area contributed by atoms with Gasteiger partial charge in [0.1, 0.15) is 0 Å². The fourth-order valence-electron chi connectivity index (χ4n) is 6.22. The Kier molecular flexibility index (Phi) is 2.31. The largest absolute Gasteiger partial charge is 0.190 e. The third-order valence-electron chi connectivity index (χ3n) is 6.67. The minimum atomic E-state index is 0.557. The molecule has 0 amide bonds. The summed E-state index contributed by atoms with van der Waals surface area (Å²) >= 11 is 2.22. The lowest BCUT2D eigenvalue weighted by Crippen LogP contribution is -2.55. The van der Waals surface area contributed by atoms with Crippen molar-refractivity contribution in [3.8, 4) is 0 Å². The van der Waals surface area contributed by atoms with E-state index in [0.717, 1.165) is 40.8 Å². The molecule has 3 fully saturated rings. The summed E-state index contributed by atoms with van der Waals surface area (Å²) in [6.45, 7) is 2.32. The molecule has 0 radical (unpaired) electrons. The summed E-state index contributed by atoms with van der Waals surface area (Å²) in [6.07, 6.45) is 9.13. The average molecular weight is 274 g/mol. The standard InChI is InChI=1S/C16H22N2S/c1-2-19-12-7-8-6-11(12)14-13(8)15-9-4-3-5-10(9)16(14)18-17-15/h3-4,8-16H,2,5-7H2,1H3/t8-,9-,10+,11+,12+,13+,14-,15-,16+/m1/s1. The molecule has 2 heterocycles. The summed E-state index contributed by atoms with van der Waals surface area (Å²) in [5, 5.41) is 10.5. The van der Waals surface area contributed by atoms with Crippen LogP contribution in [0.4, 0.5) is 0 Å². The van der Waals surface area contributed by atoms with Crippen molar-refractivity contribution in [2.45, 2.75) is 43.5 Å². The molecule has 4 aliphatic carbocycles. The van der Waals surface area contributed by atoms with Gasteiger partial charge in [-0.1, -0.05) is 19.1 Å². The molecule has 2 aliphatic heterocycles. The van der Waals surface area contributed by atoms with Crippen molar-refractivity contribution in [1.29, 1.82) is 0 Å². The second-order valence-corrected chi connectivity index (χ2v) is 8.68. The van der Waals surface area contributed by atoms with Crippen LogP contribution in [0.25, 0.3) is 0 Å². The summed E-state index contributed by atoms with van der Waals surface area (Å²) < 4.78 is 0. The molecule has 6 aliphatic rings. The van der Waals surface area contributed by atoms with E-state index < -0.39 is 0 Å². The van der Waals surface area contributed by atoms with Gasteiger partial charge in [0.05, 0.1) is 12.1 Å². The van der Waals surface area contributed by atoms with Crippen molar-refractivity contribution in [2.24, 2.45) is 45.7 Å². The van der Waals surface area contributed by atoms with Crippen molar-refractivity contribution < 1.29 is 0 Å². The van der Waals surface area contributed by atoms with Crippen LogP contribution in [0.5, 0.6) is 0 Å². The van der Waals surface area contributed by atoms with Gasteiger partial charge in [0.2, 0.25) is 0 Å². The van der Waals surface area contributed by atoms with Crippen LogP contribution in [0.2, 0.25) is 0 Å². The topological polar surface area (TPSA) is 24.7 Å². The van der Waals surface area contributed by atoms with Gasteiger partial charge in [0.25, 0.3) is 0 Å². The maximum absolute atomic E-state index is 4.77. The van der Waals surface area contributed by atoms with Gasteiger partial charge in [-0.2, -0.15) is 22.0 Å². The number of thioether (sulfide) groups is 1. The van der Waals surface area contributed by atoms with Crippen LogP contribution in [-0.4, -0.2) is 23.1 Å². The summed E-state index contributed by atoms with van der Waals surface area (Å²) in [6, 6.07) is 1.13. The normalized spacial score (nSPS) is 59.7. The Morgan fingerprint density at radius 1 is 1.11 bits per heavy atom. The van der Waals surface area contributed by atoms with E-state index in [4.69, 9.17) is 10.2 Å². The molecular formula is C16H22N2S. The second kappa shape index (κ2) is 3.87. The maximum Gasteiger partial charge on any atom is 0.0808 e. The zero-order valence-electron chi connectivity index (χ0n) is 11.5. The smallest absolute Gasteiger partial charge is 0.0808 e. The molecule has 6 rings (SSSR count). The molecule has 0 spiro atoms. The van der Waals surface area contributed by atoms with Gasteiger partial charge in [-0.15, -0.1) is 0 Å². The van der Waals surface area contributed by atoms with Crippen molar-refractivity contribution in [3.63, 3.8) is 0 Å². The van der Waals surface area contributed by atoms with E-state index in [9.17, 15) is 0 Å². The van der Waals surface area contributed by atoms with E-state index in [2.05, 4.69) is 30.8 Å². The van der Waals surface area contributed by atoms with Gasteiger partial charge in [-0.05, 0) is 54.6 Å². The van der Waals surface area contributed by atoms with Gasteiger partial charge >= 0.3 is 0 Å². The zero-order chi connectivity index (χ0) is 12.6. The molecule has 0 aromatic heterocycles. The third kappa shape index (κ3) is 1.31. The first-order valence-corrected chi connectivity index (χ1v) is 9.11. The summed E-state index contributed by atoms with van der Waals surface area (Å²) in [7, 11) is 0. The highest BCUT2D eigenvalue weighted by Crippen LogP contribution is 2.65. The van der Waals surface area contributed by atoms with E-state index in [-0.39, 0.29) is 0 Å². The number of allylic oxidation sites excluding steroid dienone is 1. The molecule has 0 aromatic rings. The monoisotopic (exact) mass is 274 g/mol. The van der Waals surface area contributed by atoms with Gasteiger partial charge in [0, 0.05) is 11.2 Å². The zero-order valence-corrected chi connectivity index (χ0v) is 12.3. The van der Waals surface area contributed by atoms with Crippen molar-refractivity contribution >= 4 is 11.8 Å². The van der Waals surface area contributed by atoms with Crippen LogP contribution in [0.15, 0.2) is 22.4 Å². The van der Waals surface area contributed by atoms with Gasteiger partial charge in [0.15, 0.2) is 0 Å². The van der Waals surface area contributed by atoms with Crippen molar-refractivity contribution in [2.75, 3.05) is 5.75 Å². The Bertz CT molecular complexity index is 460. The first-order chi connectivity index (χ1) is 9.38. The molecule has 2 nitrogen and oxygen atoms in total. The maximum atomic E-state index is 4.77. The van der Waals surface area contributed by atoms with E-state index in [1.54, 1.807) is 0 Å². The minimum absolute atomic E-state index is 0.557. The molecule has 0 aromatic carbocycles. The number of fused-ring (bicyclic) bond motifs is 2. The second-order valence-electron chi connectivity index (χ2n) is 7.16. The predicted molar refractivity (Wildman–Crippen MR) is 78.3 cm³/mol. The summed E-state index contributed by atoms with van der Waals surface area (Å²) in [5.41, 5.74) is 0. The summed E-state index contributed by atoms with van der Waals surface area (Å²) in [5.74, 6) is 6.58. The van der Waals surface area contributed by atoms with Gasteiger partial charge < -0.3 is 0 Å². The molecule has 102 valence electrons. The average Bonchev–Trinajstić information content (AvgIpc) is 3.14. The molecule has 0 saturated heterocycles. The number of rotatable bonds is 2. The molecule has 3 heteroatoms. The van der Waals surface area contributed by atoms with E-state index >= 15 is 0 Å². The molecule has 0 N–H and O–H groups in total. The Morgan fingerprint density at radius 3 is 2.89 bits per heavy atom. The molecule has 9 atom stereocenters.